The number of hydrogen-bond donors (Lipinski definition) is 1. The molecule has 0 aliphatic carbocycles. The van der Waals surface area contributed by atoms with E-state index in [4.69, 9.17) is 10.5 Å². The summed E-state index contributed by atoms with van der Waals surface area (Å²) in [6, 6.07) is 4.69. The Morgan fingerprint density at radius 2 is 1.74 bits per heavy atom. The third-order valence-corrected chi connectivity index (χ3v) is 3.48. The van der Waals surface area contributed by atoms with Gasteiger partial charge in [-0.05, 0) is 55.7 Å². The van der Waals surface area contributed by atoms with Gasteiger partial charge in [0.25, 0.3) is 0 Å². The van der Waals surface area contributed by atoms with Gasteiger partial charge in [-0.25, -0.2) is 0 Å². The average molecular weight is 263 g/mol. The summed E-state index contributed by atoms with van der Waals surface area (Å²) in [4.78, 5) is 0. The molecule has 0 amide bonds. The van der Waals surface area contributed by atoms with Gasteiger partial charge in [0.2, 0.25) is 0 Å². The fraction of sp³-hybridized carbons (Fsp3) is 0.647. The Morgan fingerprint density at radius 1 is 1.16 bits per heavy atom. The van der Waals surface area contributed by atoms with Crippen molar-refractivity contribution in [1.29, 1.82) is 0 Å². The summed E-state index contributed by atoms with van der Waals surface area (Å²) >= 11 is 0. The Hall–Kier alpha value is -1.02. The van der Waals surface area contributed by atoms with Gasteiger partial charge in [-0.3, -0.25) is 0 Å². The van der Waals surface area contributed by atoms with Gasteiger partial charge in [-0.15, -0.1) is 0 Å². The lowest BCUT2D eigenvalue weighted by atomic mass is 9.99. The third kappa shape index (κ3) is 5.23. The Labute approximate surface area is 118 Å². The molecular formula is C17H29NO. The van der Waals surface area contributed by atoms with Crippen molar-refractivity contribution < 1.29 is 4.74 Å². The largest absolute Gasteiger partial charge is 0.493 e. The average Bonchev–Trinajstić information content (AvgIpc) is 2.32. The number of hydrogen-bond acceptors (Lipinski definition) is 2. The van der Waals surface area contributed by atoms with E-state index in [2.05, 4.69) is 46.8 Å². The Bertz CT molecular complexity index is 375. The van der Waals surface area contributed by atoms with E-state index in [0.717, 1.165) is 31.6 Å². The van der Waals surface area contributed by atoms with Gasteiger partial charge in [0.05, 0.1) is 6.61 Å². The molecule has 1 aromatic rings. The lowest BCUT2D eigenvalue weighted by Gasteiger charge is -2.16. The molecule has 1 unspecified atom stereocenters. The first-order valence-corrected chi connectivity index (χ1v) is 7.42. The second-order valence-electron chi connectivity index (χ2n) is 5.96. The molecule has 0 spiro atoms. The van der Waals surface area contributed by atoms with Gasteiger partial charge in [0, 0.05) is 6.04 Å². The van der Waals surface area contributed by atoms with Crippen molar-refractivity contribution in [3.8, 4) is 5.75 Å². The molecule has 2 heteroatoms. The summed E-state index contributed by atoms with van der Waals surface area (Å²) in [7, 11) is 0. The van der Waals surface area contributed by atoms with Gasteiger partial charge in [-0.1, -0.05) is 32.9 Å². The van der Waals surface area contributed by atoms with Crippen molar-refractivity contribution in [1.82, 2.24) is 0 Å². The molecular weight excluding hydrogens is 234 g/mol. The third-order valence-electron chi connectivity index (χ3n) is 3.48. The van der Waals surface area contributed by atoms with Crippen LogP contribution in [0.4, 0.5) is 0 Å². The normalized spacial score (nSPS) is 12.8. The van der Waals surface area contributed by atoms with Crippen LogP contribution in [0.25, 0.3) is 0 Å². The van der Waals surface area contributed by atoms with Crippen molar-refractivity contribution in [2.45, 2.75) is 59.9 Å². The molecule has 1 aromatic carbocycles. The van der Waals surface area contributed by atoms with Crippen molar-refractivity contribution in [2.24, 2.45) is 11.7 Å². The van der Waals surface area contributed by atoms with Crippen LogP contribution in [0.5, 0.6) is 5.75 Å². The molecule has 0 fully saturated rings. The highest BCUT2D eigenvalue weighted by Gasteiger charge is 2.09. The van der Waals surface area contributed by atoms with E-state index in [9.17, 15) is 0 Å². The first-order chi connectivity index (χ1) is 8.93. The first-order valence-electron chi connectivity index (χ1n) is 7.42. The quantitative estimate of drug-likeness (QED) is 0.806. The maximum absolute atomic E-state index is 6.03. The maximum Gasteiger partial charge on any atom is 0.125 e. The molecule has 2 nitrogen and oxygen atoms in total. The Balaban J connectivity index is 2.74. The van der Waals surface area contributed by atoms with Crippen LogP contribution in [-0.4, -0.2) is 12.6 Å². The van der Waals surface area contributed by atoms with E-state index in [1.165, 1.54) is 16.7 Å². The van der Waals surface area contributed by atoms with Crippen molar-refractivity contribution in [3.05, 3.63) is 28.8 Å². The standard InChI is InChI=1S/C17H29NO/c1-6-16(18)11-15-9-13(4)17(14(5)10-15)19-8-7-12(2)3/h9-10,12,16H,6-8,11,18H2,1-5H3. The van der Waals surface area contributed by atoms with E-state index in [-0.39, 0.29) is 6.04 Å². The summed E-state index contributed by atoms with van der Waals surface area (Å²) in [5, 5.41) is 0. The van der Waals surface area contributed by atoms with Gasteiger partial charge in [-0.2, -0.15) is 0 Å². The summed E-state index contributed by atoms with van der Waals surface area (Å²) in [5.41, 5.74) is 9.79. The maximum atomic E-state index is 6.03. The van der Waals surface area contributed by atoms with E-state index < -0.39 is 0 Å². The second-order valence-corrected chi connectivity index (χ2v) is 5.96. The Morgan fingerprint density at radius 3 is 2.21 bits per heavy atom. The molecule has 0 heterocycles. The fourth-order valence-corrected chi connectivity index (χ4v) is 2.23. The van der Waals surface area contributed by atoms with Crippen LogP contribution in [0.2, 0.25) is 0 Å². The highest BCUT2D eigenvalue weighted by molar-refractivity contribution is 5.43. The zero-order valence-electron chi connectivity index (χ0n) is 13.1. The SMILES string of the molecule is CCC(N)Cc1cc(C)c(OCCC(C)C)c(C)c1. The summed E-state index contributed by atoms with van der Waals surface area (Å²) < 4.78 is 5.93. The molecule has 0 aromatic heterocycles. The Kier molecular flexibility index (Phi) is 6.36. The fourth-order valence-electron chi connectivity index (χ4n) is 2.23. The van der Waals surface area contributed by atoms with Crippen LogP contribution < -0.4 is 10.5 Å². The van der Waals surface area contributed by atoms with Crippen LogP contribution in [0.3, 0.4) is 0 Å². The highest BCUT2D eigenvalue weighted by atomic mass is 16.5. The molecule has 1 rings (SSSR count). The van der Waals surface area contributed by atoms with Crippen LogP contribution >= 0.6 is 0 Å². The van der Waals surface area contributed by atoms with Gasteiger partial charge >= 0.3 is 0 Å². The smallest absolute Gasteiger partial charge is 0.125 e. The van der Waals surface area contributed by atoms with Crippen molar-refractivity contribution >= 4 is 0 Å². The molecule has 0 saturated carbocycles. The summed E-state index contributed by atoms with van der Waals surface area (Å²) in [6.45, 7) is 11.6. The van der Waals surface area contributed by atoms with Gasteiger partial charge < -0.3 is 10.5 Å². The predicted molar refractivity (Wildman–Crippen MR) is 82.8 cm³/mol. The minimum Gasteiger partial charge on any atom is -0.493 e. The van der Waals surface area contributed by atoms with E-state index in [1.54, 1.807) is 0 Å². The molecule has 108 valence electrons. The van der Waals surface area contributed by atoms with Crippen molar-refractivity contribution in [3.63, 3.8) is 0 Å². The lowest BCUT2D eigenvalue weighted by molar-refractivity contribution is 0.286. The topological polar surface area (TPSA) is 35.2 Å². The van der Waals surface area contributed by atoms with Gasteiger partial charge in [0.1, 0.15) is 5.75 Å². The molecule has 0 saturated heterocycles. The minimum atomic E-state index is 0.256. The minimum absolute atomic E-state index is 0.256. The number of aryl methyl sites for hydroxylation is 2. The number of ether oxygens (including phenoxy) is 1. The summed E-state index contributed by atoms with van der Waals surface area (Å²) in [5.74, 6) is 1.73. The zero-order chi connectivity index (χ0) is 14.4. The molecule has 19 heavy (non-hydrogen) atoms. The van der Waals surface area contributed by atoms with Crippen molar-refractivity contribution in [2.75, 3.05) is 6.61 Å². The monoisotopic (exact) mass is 263 g/mol. The van der Waals surface area contributed by atoms with E-state index >= 15 is 0 Å². The predicted octanol–water partition coefficient (Wildman–Crippen LogP) is 4.01. The molecule has 0 bridgehead atoms. The van der Waals surface area contributed by atoms with E-state index in [0.29, 0.717) is 5.92 Å². The molecule has 1 atom stereocenters. The highest BCUT2D eigenvalue weighted by Crippen LogP contribution is 2.26. The number of benzene rings is 1. The second kappa shape index (κ2) is 7.54. The first kappa shape index (κ1) is 16.0. The van der Waals surface area contributed by atoms with Crippen LogP contribution in [-0.2, 0) is 6.42 Å². The lowest BCUT2D eigenvalue weighted by Crippen LogP contribution is -2.21. The summed E-state index contributed by atoms with van der Waals surface area (Å²) in [6.07, 6.45) is 3.07. The molecule has 0 aliphatic rings. The van der Waals surface area contributed by atoms with E-state index in [1.807, 2.05) is 0 Å². The molecule has 2 N–H and O–H groups in total. The number of rotatable bonds is 7. The van der Waals surface area contributed by atoms with Gasteiger partial charge in [0.15, 0.2) is 0 Å². The van der Waals surface area contributed by atoms with Crippen LogP contribution in [0.1, 0.15) is 50.3 Å². The molecule has 0 aliphatic heterocycles. The van der Waals surface area contributed by atoms with Crippen LogP contribution in [0.15, 0.2) is 12.1 Å². The molecule has 0 radical (unpaired) electrons. The zero-order valence-corrected chi connectivity index (χ0v) is 13.1. The van der Waals surface area contributed by atoms with Crippen LogP contribution in [0, 0.1) is 19.8 Å². The number of nitrogens with two attached hydrogens (primary N) is 1.